The number of esters is 1. The molecule has 0 bridgehead atoms. The number of ether oxygens (including phenoxy) is 2. The highest BCUT2D eigenvalue weighted by molar-refractivity contribution is 5.96. The fourth-order valence-electron chi connectivity index (χ4n) is 1.10. The molecule has 1 rings (SSSR count). The summed E-state index contributed by atoms with van der Waals surface area (Å²) >= 11 is 0. The molecule has 0 saturated carbocycles. The monoisotopic (exact) mass is 232 g/mol. The van der Waals surface area contributed by atoms with Gasteiger partial charge in [0.2, 0.25) is 0 Å². The molecule has 0 saturated heterocycles. The number of rotatable bonds is 4. The van der Waals surface area contributed by atoms with Gasteiger partial charge < -0.3 is 14.9 Å². The largest absolute Gasteiger partial charge is 0.465 e. The Morgan fingerprint density at radius 2 is 2.19 bits per heavy atom. The van der Waals surface area contributed by atoms with E-state index < -0.39 is 12.6 Å². The number of nitrogen functional groups attached to an aromatic ring is 1. The third-order valence-electron chi connectivity index (χ3n) is 1.78. The molecule has 0 spiro atoms. The number of methoxy groups -OCH3 is 1. The van der Waals surface area contributed by atoms with Crippen molar-refractivity contribution in [2.75, 3.05) is 12.5 Å². The molecular formula is C9H10F2N2O3. The number of anilines is 1. The molecule has 0 radical (unpaired) electrons. The van der Waals surface area contributed by atoms with E-state index >= 15 is 0 Å². The van der Waals surface area contributed by atoms with Crippen LogP contribution in [0.4, 0.5) is 14.5 Å². The van der Waals surface area contributed by atoms with Crippen LogP contribution in [0.15, 0.2) is 18.2 Å². The second-order valence-electron chi connectivity index (χ2n) is 2.72. The Morgan fingerprint density at radius 3 is 2.69 bits per heavy atom. The van der Waals surface area contributed by atoms with Gasteiger partial charge in [-0.2, -0.15) is 8.78 Å². The van der Waals surface area contributed by atoms with Crippen LogP contribution in [0.1, 0.15) is 10.4 Å². The Morgan fingerprint density at radius 1 is 1.50 bits per heavy atom. The van der Waals surface area contributed by atoms with E-state index in [9.17, 15) is 13.6 Å². The molecule has 0 fully saturated rings. The second kappa shape index (κ2) is 5.26. The summed E-state index contributed by atoms with van der Waals surface area (Å²) in [6, 6.07) is 3.71. The molecule has 16 heavy (non-hydrogen) atoms. The molecule has 0 aliphatic rings. The molecule has 1 aromatic carbocycles. The third kappa shape index (κ3) is 2.80. The van der Waals surface area contributed by atoms with Gasteiger partial charge in [0.15, 0.2) is 0 Å². The first-order valence-electron chi connectivity index (χ1n) is 4.22. The molecule has 0 heterocycles. The molecular weight excluding hydrogens is 222 g/mol. The Bertz CT molecular complexity index is 385. The predicted molar refractivity (Wildman–Crippen MR) is 52.2 cm³/mol. The van der Waals surface area contributed by atoms with Gasteiger partial charge in [0.25, 0.3) is 0 Å². The summed E-state index contributed by atoms with van der Waals surface area (Å²) in [5.41, 5.74) is 2.52. The maximum atomic E-state index is 11.9. The van der Waals surface area contributed by atoms with Crippen molar-refractivity contribution < 1.29 is 23.0 Å². The lowest BCUT2D eigenvalue weighted by atomic mass is 10.1. The minimum absolute atomic E-state index is 0.0168. The van der Waals surface area contributed by atoms with E-state index in [2.05, 4.69) is 14.9 Å². The molecule has 0 aliphatic heterocycles. The second-order valence-corrected chi connectivity index (χ2v) is 2.72. The van der Waals surface area contributed by atoms with Crippen LogP contribution in [0.5, 0.6) is 5.75 Å². The van der Waals surface area contributed by atoms with Gasteiger partial charge in [0, 0.05) is 0 Å². The van der Waals surface area contributed by atoms with E-state index in [4.69, 9.17) is 5.84 Å². The van der Waals surface area contributed by atoms with E-state index in [1.165, 1.54) is 19.2 Å². The zero-order valence-corrected chi connectivity index (χ0v) is 8.37. The Kier molecular flexibility index (Phi) is 4.01. The van der Waals surface area contributed by atoms with Crippen LogP contribution in [0.3, 0.4) is 0 Å². The van der Waals surface area contributed by atoms with Crippen molar-refractivity contribution in [2.45, 2.75) is 6.61 Å². The lowest BCUT2D eigenvalue weighted by Gasteiger charge is -2.10. The highest BCUT2D eigenvalue weighted by Crippen LogP contribution is 2.23. The highest BCUT2D eigenvalue weighted by atomic mass is 19.3. The number of alkyl halides is 2. The van der Waals surface area contributed by atoms with Crippen LogP contribution in [-0.4, -0.2) is 19.7 Å². The molecule has 0 atom stereocenters. The standard InChI is InChI=1S/C9H10F2N2O3/c1-15-8(14)6-4-5(16-9(10)11)2-3-7(6)13-12/h2-4,9,13H,12H2,1H3. The van der Waals surface area contributed by atoms with Gasteiger partial charge in [-0.3, -0.25) is 5.84 Å². The van der Waals surface area contributed by atoms with E-state index in [-0.39, 0.29) is 17.0 Å². The number of nitrogens with one attached hydrogen (secondary N) is 1. The molecule has 0 amide bonds. The van der Waals surface area contributed by atoms with Gasteiger partial charge in [-0.1, -0.05) is 0 Å². The average Bonchev–Trinajstić information content (AvgIpc) is 2.27. The van der Waals surface area contributed by atoms with E-state index in [1.807, 2.05) is 0 Å². The zero-order valence-electron chi connectivity index (χ0n) is 8.37. The van der Waals surface area contributed by atoms with Crippen LogP contribution in [-0.2, 0) is 4.74 Å². The van der Waals surface area contributed by atoms with Gasteiger partial charge in [0.05, 0.1) is 18.4 Å². The minimum Gasteiger partial charge on any atom is -0.465 e. The Hall–Kier alpha value is -1.89. The summed E-state index contributed by atoms with van der Waals surface area (Å²) < 4.78 is 32.5. The van der Waals surface area contributed by atoms with E-state index in [0.29, 0.717) is 0 Å². The number of hydrogen-bond donors (Lipinski definition) is 2. The summed E-state index contributed by atoms with van der Waals surface area (Å²) in [7, 11) is 1.17. The number of hydrogen-bond acceptors (Lipinski definition) is 5. The Labute approximate surface area is 90.1 Å². The third-order valence-corrected chi connectivity index (χ3v) is 1.78. The first-order chi connectivity index (χ1) is 7.58. The first-order valence-corrected chi connectivity index (χ1v) is 4.22. The summed E-state index contributed by atoms with van der Waals surface area (Å²) in [6.07, 6.45) is 0. The van der Waals surface area contributed by atoms with Crippen molar-refractivity contribution in [1.29, 1.82) is 0 Å². The fourth-order valence-corrected chi connectivity index (χ4v) is 1.10. The highest BCUT2D eigenvalue weighted by Gasteiger charge is 2.14. The molecule has 88 valence electrons. The van der Waals surface area contributed by atoms with Crippen molar-refractivity contribution in [3.8, 4) is 5.75 Å². The van der Waals surface area contributed by atoms with Crippen molar-refractivity contribution in [1.82, 2.24) is 0 Å². The van der Waals surface area contributed by atoms with Crippen molar-refractivity contribution >= 4 is 11.7 Å². The fraction of sp³-hybridized carbons (Fsp3) is 0.222. The lowest BCUT2D eigenvalue weighted by molar-refractivity contribution is -0.0499. The first kappa shape index (κ1) is 12.2. The summed E-state index contributed by atoms with van der Waals surface area (Å²) in [6.45, 7) is -2.96. The van der Waals surface area contributed by atoms with Gasteiger partial charge in [-0.15, -0.1) is 0 Å². The molecule has 0 aromatic heterocycles. The van der Waals surface area contributed by atoms with E-state index in [0.717, 1.165) is 6.07 Å². The van der Waals surface area contributed by atoms with Crippen LogP contribution in [0, 0.1) is 0 Å². The van der Waals surface area contributed by atoms with Crippen molar-refractivity contribution in [2.24, 2.45) is 5.84 Å². The van der Waals surface area contributed by atoms with Crippen molar-refractivity contribution in [3.05, 3.63) is 23.8 Å². The van der Waals surface area contributed by atoms with Crippen LogP contribution >= 0.6 is 0 Å². The van der Waals surface area contributed by atoms with Crippen LogP contribution < -0.4 is 16.0 Å². The number of benzene rings is 1. The number of nitrogens with two attached hydrogens (primary N) is 1. The van der Waals surface area contributed by atoms with E-state index in [1.54, 1.807) is 0 Å². The normalized spacial score (nSPS) is 10.1. The summed E-state index contributed by atoms with van der Waals surface area (Å²) in [5, 5.41) is 0. The quantitative estimate of drug-likeness (QED) is 0.466. The van der Waals surface area contributed by atoms with Gasteiger partial charge in [0.1, 0.15) is 5.75 Å². The lowest BCUT2D eigenvalue weighted by Crippen LogP contribution is -2.13. The maximum absolute atomic E-state index is 11.9. The maximum Gasteiger partial charge on any atom is 0.387 e. The minimum atomic E-state index is -2.96. The topological polar surface area (TPSA) is 73.6 Å². The molecule has 0 unspecified atom stereocenters. The van der Waals surface area contributed by atoms with Gasteiger partial charge in [-0.05, 0) is 18.2 Å². The molecule has 3 N–H and O–H groups in total. The molecule has 1 aromatic rings. The van der Waals surface area contributed by atoms with Crippen molar-refractivity contribution in [3.63, 3.8) is 0 Å². The number of halogens is 2. The Balaban J connectivity index is 3.06. The number of carbonyl (C=O) groups is 1. The molecule has 5 nitrogen and oxygen atoms in total. The zero-order chi connectivity index (χ0) is 12.1. The summed E-state index contributed by atoms with van der Waals surface area (Å²) in [4.78, 5) is 11.3. The molecule has 7 heteroatoms. The van der Waals surface area contributed by atoms with Crippen LogP contribution in [0.2, 0.25) is 0 Å². The van der Waals surface area contributed by atoms with Gasteiger partial charge in [-0.25, -0.2) is 4.79 Å². The predicted octanol–water partition coefficient (Wildman–Crippen LogP) is 1.36. The smallest absolute Gasteiger partial charge is 0.387 e. The van der Waals surface area contributed by atoms with Gasteiger partial charge >= 0.3 is 12.6 Å². The number of carbonyl (C=O) groups excluding carboxylic acids is 1. The average molecular weight is 232 g/mol. The molecule has 0 aliphatic carbocycles. The number of hydrazine groups is 1. The SMILES string of the molecule is COC(=O)c1cc(OC(F)F)ccc1NN. The van der Waals surface area contributed by atoms with Crippen LogP contribution in [0.25, 0.3) is 0 Å². The summed E-state index contributed by atoms with van der Waals surface area (Å²) in [5.74, 6) is 4.30.